The molecule has 32 heavy (non-hydrogen) atoms. The van der Waals surface area contributed by atoms with Crippen LogP contribution < -0.4 is 15.3 Å². The molecule has 1 aliphatic heterocycles. The van der Waals surface area contributed by atoms with Gasteiger partial charge >= 0.3 is 0 Å². The number of halogens is 1. The van der Waals surface area contributed by atoms with Crippen molar-refractivity contribution in [3.05, 3.63) is 107 Å². The van der Waals surface area contributed by atoms with Gasteiger partial charge in [0.25, 0.3) is 5.91 Å². The SMILES string of the molecule is Cc1ccc(NC2=C(CC(=O)[O-])[C@@H](c3ccccc3F)N(c3ccc(C)cc3)C2=O)cc1. The number of rotatable bonds is 6. The number of aryl methyl sites for hydroxylation is 2. The van der Waals surface area contributed by atoms with Crippen LogP contribution in [0.1, 0.15) is 29.2 Å². The maximum atomic E-state index is 14.9. The van der Waals surface area contributed by atoms with E-state index in [0.29, 0.717) is 11.4 Å². The molecule has 0 saturated heterocycles. The summed E-state index contributed by atoms with van der Waals surface area (Å²) >= 11 is 0. The largest absolute Gasteiger partial charge is 0.550 e. The highest BCUT2D eigenvalue weighted by Gasteiger charge is 2.42. The van der Waals surface area contributed by atoms with Crippen LogP contribution >= 0.6 is 0 Å². The molecule has 0 saturated carbocycles. The molecule has 162 valence electrons. The van der Waals surface area contributed by atoms with Gasteiger partial charge < -0.3 is 15.2 Å². The number of aliphatic carboxylic acids is 1. The first-order valence-corrected chi connectivity index (χ1v) is 10.3. The average molecular weight is 429 g/mol. The van der Waals surface area contributed by atoms with Crippen molar-refractivity contribution in [2.75, 3.05) is 10.2 Å². The van der Waals surface area contributed by atoms with Crippen molar-refractivity contribution < 1.29 is 19.1 Å². The van der Waals surface area contributed by atoms with Crippen molar-refractivity contribution in [1.82, 2.24) is 0 Å². The topological polar surface area (TPSA) is 72.5 Å². The van der Waals surface area contributed by atoms with E-state index in [0.717, 1.165) is 11.1 Å². The molecule has 1 aliphatic rings. The van der Waals surface area contributed by atoms with Crippen molar-refractivity contribution >= 4 is 23.3 Å². The van der Waals surface area contributed by atoms with Crippen LogP contribution in [-0.2, 0) is 9.59 Å². The Morgan fingerprint density at radius 1 is 0.969 bits per heavy atom. The van der Waals surface area contributed by atoms with Crippen LogP contribution in [0.2, 0.25) is 0 Å². The minimum atomic E-state index is -1.34. The molecule has 0 unspecified atom stereocenters. The lowest BCUT2D eigenvalue weighted by atomic mass is 9.95. The van der Waals surface area contributed by atoms with Gasteiger partial charge in [-0.15, -0.1) is 0 Å². The number of carbonyl (C=O) groups is 2. The molecule has 1 atom stereocenters. The zero-order chi connectivity index (χ0) is 22.8. The number of amides is 1. The fourth-order valence-electron chi connectivity index (χ4n) is 3.92. The number of carbonyl (C=O) groups excluding carboxylic acids is 2. The Kier molecular flexibility index (Phi) is 5.77. The second kappa shape index (κ2) is 8.67. The van der Waals surface area contributed by atoms with Crippen molar-refractivity contribution in [1.29, 1.82) is 0 Å². The zero-order valence-corrected chi connectivity index (χ0v) is 17.8. The summed E-state index contributed by atoms with van der Waals surface area (Å²) in [5.41, 5.74) is 3.82. The highest BCUT2D eigenvalue weighted by atomic mass is 19.1. The minimum absolute atomic E-state index is 0.117. The average Bonchev–Trinajstić information content (AvgIpc) is 3.01. The van der Waals surface area contributed by atoms with Gasteiger partial charge in [0, 0.05) is 29.3 Å². The maximum Gasteiger partial charge on any atom is 0.275 e. The highest BCUT2D eigenvalue weighted by Crippen LogP contribution is 2.43. The predicted octanol–water partition coefficient (Wildman–Crippen LogP) is 4.04. The number of hydrogen-bond acceptors (Lipinski definition) is 4. The predicted molar refractivity (Wildman–Crippen MR) is 119 cm³/mol. The smallest absolute Gasteiger partial charge is 0.275 e. The Bertz CT molecular complexity index is 1200. The van der Waals surface area contributed by atoms with Crippen LogP contribution in [0, 0.1) is 19.7 Å². The summed E-state index contributed by atoms with van der Waals surface area (Å²) in [4.78, 5) is 26.7. The summed E-state index contributed by atoms with van der Waals surface area (Å²) in [5.74, 6) is -2.29. The third-order valence-electron chi connectivity index (χ3n) is 5.51. The number of anilines is 2. The number of nitrogens with one attached hydrogen (secondary N) is 1. The molecule has 0 fully saturated rings. The first-order chi connectivity index (χ1) is 15.3. The van der Waals surface area contributed by atoms with Crippen LogP contribution in [0.5, 0.6) is 0 Å². The summed E-state index contributed by atoms with van der Waals surface area (Å²) in [7, 11) is 0. The second-order valence-electron chi connectivity index (χ2n) is 7.87. The maximum absolute atomic E-state index is 14.9. The van der Waals surface area contributed by atoms with Gasteiger partial charge in [-0.25, -0.2) is 4.39 Å². The van der Waals surface area contributed by atoms with Crippen molar-refractivity contribution in [2.45, 2.75) is 26.3 Å². The van der Waals surface area contributed by atoms with Crippen molar-refractivity contribution in [2.24, 2.45) is 0 Å². The minimum Gasteiger partial charge on any atom is -0.550 e. The second-order valence-corrected chi connectivity index (χ2v) is 7.87. The van der Waals surface area contributed by atoms with Crippen molar-refractivity contribution in [3.63, 3.8) is 0 Å². The molecule has 0 spiro atoms. The first-order valence-electron chi connectivity index (χ1n) is 10.3. The van der Waals surface area contributed by atoms with E-state index >= 15 is 0 Å². The van der Waals surface area contributed by atoms with Crippen LogP contribution in [0.25, 0.3) is 0 Å². The molecule has 3 aromatic carbocycles. The Morgan fingerprint density at radius 2 is 1.56 bits per heavy atom. The lowest BCUT2D eigenvalue weighted by Gasteiger charge is -2.28. The summed E-state index contributed by atoms with van der Waals surface area (Å²) in [6.45, 7) is 3.87. The Balaban J connectivity index is 1.89. The molecular weight excluding hydrogens is 407 g/mol. The van der Waals surface area contributed by atoms with Gasteiger partial charge in [0.2, 0.25) is 0 Å². The highest BCUT2D eigenvalue weighted by molar-refractivity contribution is 6.12. The van der Waals surface area contributed by atoms with E-state index in [1.54, 1.807) is 42.5 Å². The van der Waals surface area contributed by atoms with Crippen LogP contribution in [0.15, 0.2) is 84.1 Å². The summed E-state index contributed by atoms with van der Waals surface area (Å²) in [5, 5.41) is 14.7. The van der Waals surface area contributed by atoms with Crippen LogP contribution in [0.3, 0.4) is 0 Å². The Hall–Kier alpha value is -3.93. The zero-order valence-electron chi connectivity index (χ0n) is 17.8. The standard InChI is InChI=1S/C26H23FN2O3/c1-16-7-11-18(12-8-16)28-24-21(15-23(30)31)25(20-5-3-4-6-22(20)27)29(26(24)32)19-13-9-17(2)10-14-19/h3-14,25,28H,15H2,1-2H3,(H,30,31)/p-1/t25-/m1/s1. The fourth-order valence-corrected chi connectivity index (χ4v) is 3.92. The van der Waals surface area contributed by atoms with Gasteiger partial charge in [-0.05, 0) is 49.8 Å². The summed E-state index contributed by atoms with van der Waals surface area (Å²) < 4.78 is 14.9. The van der Waals surface area contributed by atoms with E-state index in [-0.39, 0.29) is 16.8 Å². The molecule has 1 amide bonds. The summed E-state index contributed by atoms with van der Waals surface area (Å²) in [6.07, 6.45) is -0.513. The lowest BCUT2D eigenvalue weighted by Crippen LogP contribution is -2.32. The molecule has 0 radical (unpaired) electrons. The van der Waals surface area contributed by atoms with Crippen LogP contribution in [0.4, 0.5) is 15.8 Å². The molecule has 0 aliphatic carbocycles. The molecule has 3 aromatic rings. The molecule has 1 heterocycles. The normalized spacial score (nSPS) is 15.9. The number of carboxylic acid groups (broad SMARTS) is 1. The van der Waals surface area contributed by atoms with E-state index in [2.05, 4.69) is 5.32 Å². The molecule has 4 rings (SSSR count). The van der Waals surface area contributed by atoms with Gasteiger partial charge in [0.05, 0.1) is 6.04 Å². The third kappa shape index (κ3) is 4.12. The monoisotopic (exact) mass is 429 g/mol. The van der Waals surface area contributed by atoms with E-state index in [1.165, 1.54) is 11.0 Å². The number of carboxylic acids is 1. The molecule has 6 heteroatoms. The molecule has 0 aromatic heterocycles. The number of nitrogens with zero attached hydrogens (tertiary/aromatic N) is 1. The van der Waals surface area contributed by atoms with Gasteiger partial charge in [-0.2, -0.15) is 0 Å². The lowest BCUT2D eigenvalue weighted by molar-refractivity contribution is -0.304. The van der Waals surface area contributed by atoms with Gasteiger partial charge in [0.1, 0.15) is 11.5 Å². The Morgan fingerprint density at radius 3 is 2.16 bits per heavy atom. The Labute approximate surface area is 185 Å². The van der Waals surface area contributed by atoms with Gasteiger partial charge in [-0.1, -0.05) is 53.6 Å². The van der Waals surface area contributed by atoms with Gasteiger partial charge in [-0.3, -0.25) is 9.69 Å². The molecule has 0 bridgehead atoms. The molecular formula is C26H22FN2O3-. The third-order valence-corrected chi connectivity index (χ3v) is 5.51. The summed E-state index contributed by atoms with van der Waals surface area (Å²) in [6, 6.07) is 19.8. The van der Waals surface area contributed by atoms with E-state index in [1.807, 2.05) is 38.1 Å². The van der Waals surface area contributed by atoms with Gasteiger partial charge in [0.15, 0.2) is 0 Å². The molecule has 1 N–H and O–H groups in total. The first kappa shape index (κ1) is 21.3. The quantitative estimate of drug-likeness (QED) is 0.642. The van der Waals surface area contributed by atoms with E-state index < -0.39 is 30.2 Å². The number of hydrogen-bond donors (Lipinski definition) is 1. The van der Waals surface area contributed by atoms with Crippen LogP contribution in [-0.4, -0.2) is 11.9 Å². The van der Waals surface area contributed by atoms with E-state index in [4.69, 9.17) is 0 Å². The van der Waals surface area contributed by atoms with E-state index in [9.17, 15) is 19.1 Å². The number of benzene rings is 3. The molecule has 5 nitrogen and oxygen atoms in total. The van der Waals surface area contributed by atoms with Crippen molar-refractivity contribution in [3.8, 4) is 0 Å². The fraction of sp³-hybridized carbons (Fsp3) is 0.154.